The lowest BCUT2D eigenvalue weighted by Crippen LogP contribution is -2.15. The molecule has 17 heavy (non-hydrogen) atoms. The van der Waals surface area contributed by atoms with Gasteiger partial charge in [-0.1, -0.05) is 23.7 Å². The lowest BCUT2D eigenvalue weighted by atomic mass is 10.0. The number of aromatic nitrogens is 1. The average Bonchev–Trinajstić information content (AvgIpc) is 2.71. The van der Waals surface area contributed by atoms with Crippen molar-refractivity contribution in [3.8, 4) is 0 Å². The summed E-state index contributed by atoms with van der Waals surface area (Å²) in [5.74, 6) is -0.669. The summed E-state index contributed by atoms with van der Waals surface area (Å²) in [6.45, 7) is 1.92. The van der Waals surface area contributed by atoms with Crippen LogP contribution >= 0.6 is 11.6 Å². The number of ether oxygens (including phenoxy) is 1. The molecule has 2 N–H and O–H groups in total. The van der Waals surface area contributed by atoms with Crippen LogP contribution in [0.1, 0.15) is 18.6 Å². The smallest absolute Gasteiger partial charge is 0.339 e. The van der Waals surface area contributed by atoms with Crippen molar-refractivity contribution >= 4 is 28.5 Å². The molecular formula is C12H12ClNO3. The monoisotopic (exact) mass is 253 g/mol. The highest BCUT2D eigenvalue weighted by atomic mass is 35.5. The summed E-state index contributed by atoms with van der Waals surface area (Å²) in [6, 6.07) is 5.22. The van der Waals surface area contributed by atoms with Crippen molar-refractivity contribution in [2.24, 2.45) is 0 Å². The Balaban J connectivity index is 2.47. The van der Waals surface area contributed by atoms with Gasteiger partial charge in [0.25, 0.3) is 0 Å². The number of hydrogen-bond donors (Lipinski definition) is 2. The Kier molecular flexibility index (Phi) is 3.36. The van der Waals surface area contributed by atoms with E-state index >= 15 is 0 Å². The van der Waals surface area contributed by atoms with Gasteiger partial charge < -0.3 is 14.8 Å². The number of fused-ring (bicyclic) bond motifs is 1. The van der Waals surface area contributed by atoms with E-state index in [1.54, 1.807) is 25.3 Å². The van der Waals surface area contributed by atoms with Crippen molar-refractivity contribution in [2.45, 2.75) is 13.0 Å². The second kappa shape index (κ2) is 4.77. The Morgan fingerprint density at radius 1 is 1.59 bits per heavy atom. The van der Waals surface area contributed by atoms with E-state index in [1.165, 1.54) is 0 Å². The molecule has 0 amide bonds. The molecule has 2 rings (SSSR count). The number of carbonyl (C=O) groups excluding carboxylic acids is 1. The van der Waals surface area contributed by atoms with Crippen LogP contribution in [0.15, 0.2) is 24.4 Å². The van der Waals surface area contributed by atoms with E-state index in [1.807, 2.05) is 6.07 Å². The molecular weight excluding hydrogens is 242 g/mol. The number of esters is 1. The van der Waals surface area contributed by atoms with E-state index in [4.69, 9.17) is 16.3 Å². The van der Waals surface area contributed by atoms with Crippen LogP contribution in [0.5, 0.6) is 0 Å². The Morgan fingerprint density at radius 3 is 3.06 bits per heavy atom. The summed E-state index contributed by atoms with van der Waals surface area (Å²) in [5, 5.41) is 11.0. The van der Waals surface area contributed by atoms with Crippen molar-refractivity contribution in [3.63, 3.8) is 0 Å². The third-order valence-corrected chi connectivity index (χ3v) is 2.79. The van der Waals surface area contributed by atoms with E-state index in [0.29, 0.717) is 16.0 Å². The lowest BCUT2D eigenvalue weighted by molar-refractivity contribution is -0.153. The first-order valence-electron chi connectivity index (χ1n) is 5.25. The van der Waals surface area contributed by atoms with Crippen molar-refractivity contribution in [1.82, 2.24) is 4.98 Å². The minimum Gasteiger partial charge on any atom is -0.464 e. The van der Waals surface area contributed by atoms with Gasteiger partial charge in [-0.2, -0.15) is 0 Å². The largest absolute Gasteiger partial charge is 0.464 e. The van der Waals surface area contributed by atoms with Crippen molar-refractivity contribution in [1.29, 1.82) is 0 Å². The van der Waals surface area contributed by atoms with E-state index in [-0.39, 0.29) is 6.61 Å². The van der Waals surface area contributed by atoms with E-state index in [2.05, 4.69) is 4.98 Å². The standard InChI is InChI=1S/C12H12ClNO3/c1-2-17-12(16)11(15)7-4-3-5-9-10(7)8(13)6-14-9/h3-6,11,14-15H,2H2,1H3. The van der Waals surface area contributed by atoms with Gasteiger partial charge in [0.2, 0.25) is 0 Å². The molecule has 0 radical (unpaired) electrons. The van der Waals surface area contributed by atoms with Crippen LogP contribution in [-0.4, -0.2) is 22.7 Å². The SMILES string of the molecule is CCOC(=O)C(O)c1cccc2[nH]cc(Cl)c12. The fourth-order valence-electron chi connectivity index (χ4n) is 1.75. The molecule has 0 aliphatic heterocycles. The predicted octanol–water partition coefficient (Wildman–Crippen LogP) is 2.42. The Morgan fingerprint density at radius 2 is 2.35 bits per heavy atom. The van der Waals surface area contributed by atoms with Crippen molar-refractivity contribution < 1.29 is 14.6 Å². The maximum absolute atomic E-state index is 11.5. The van der Waals surface area contributed by atoms with Gasteiger partial charge in [-0.3, -0.25) is 0 Å². The molecule has 0 saturated heterocycles. The highest BCUT2D eigenvalue weighted by Crippen LogP contribution is 2.30. The summed E-state index contributed by atoms with van der Waals surface area (Å²) in [4.78, 5) is 14.5. The molecule has 1 aromatic carbocycles. The highest BCUT2D eigenvalue weighted by Gasteiger charge is 2.22. The van der Waals surface area contributed by atoms with Gasteiger partial charge in [0.05, 0.1) is 11.6 Å². The lowest BCUT2D eigenvalue weighted by Gasteiger charge is -2.11. The average molecular weight is 254 g/mol. The quantitative estimate of drug-likeness (QED) is 0.826. The van der Waals surface area contributed by atoms with Gasteiger partial charge in [0.15, 0.2) is 6.10 Å². The van der Waals surface area contributed by atoms with Gasteiger partial charge in [0.1, 0.15) is 0 Å². The molecule has 1 atom stereocenters. The van der Waals surface area contributed by atoms with Crippen LogP contribution in [0, 0.1) is 0 Å². The third-order valence-electron chi connectivity index (χ3n) is 2.49. The Hall–Kier alpha value is -1.52. The van der Waals surface area contributed by atoms with E-state index < -0.39 is 12.1 Å². The molecule has 0 aliphatic carbocycles. The molecule has 1 aromatic heterocycles. The van der Waals surface area contributed by atoms with Gasteiger partial charge in [-0.25, -0.2) is 4.79 Å². The maximum Gasteiger partial charge on any atom is 0.339 e. The molecule has 0 aliphatic rings. The number of nitrogens with one attached hydrogen (secondary N) is 1. The number of aliphatic hydroxyl groups excluding tert-OH is 1. The summed E-state index contributed by atoms with van der Waals surface area (Å²) in [5.41, 5.74) is 1.23. The summed E-state index contributed by atoms with van der Waals surface area (Å²) in [7, 11) is 0. The third kappa shape index (κ3) is 2.14. The van der Waals surface area contributed by atoms with Gasteiger partial charge in [-0.05, 0) is 13.0 Å². The number of benzene rings is 1. The topological polar surface area (TPSA) is 62.3 Å². The van der Waals surface area contributed by atoms with Gasteiger partial charge in [0, 0.05) is 22.7 Å². The maximum atomic E-state index is 11.5. The molecule has 4 nitrogen and oxygen atoms in total. The van der Waals surface area contributed by atoms with Gasteiger partial charge >= 0.3 is 5.97 Å². The minimum absolute atomic E-state index is 0.229. The molecule has 0 fully saturated rings. The fourth-order valence-corrected chi connectivity index (χ4v) is 2.01. The molecule has 90 valence electrons. The number of H-pyrrole nitrogens is 1. The molecule has 0 saturated carbocycles. The van der Waals surface area contributed by atoms with Crippen molar-refractivity contribution in [2.75, 3.05) is 6.61 Å². The first-order chi connectivity index (χ1) is 8.15. The normalized spacial score (nSPS) is 12.6. The first kappa shape index (κ1) is 12.0. The number of rotatable bonds is 3. The highest BCUT2D eigenvalue weighted by molar-refractivity contribution is 6.36. The fraction of sp³-hybridized carbons (Fsp3) is 0.250. The first-order valence-corrected chi connectivity index (χ1v) is 5.63. The molecule has 1 heterocycles. The van der Waals surface area contributed by atoms with Crippen LogP contribution < -0.4 is 0 Å². The number of hydrogen-bond acceptors (Lipinski definition) is 3. The van der Waals surface area contributed by atoms with Crippen LogP contribution in [0.3, 0.4) is 0 Å². The zero-order valence-corrected chi connectivity index (χ0v) is 9.99. The van der Waals surface area contributed by atoms with Crippen LogP contribution in [-0.2, 0) is 9.53 Å². The number of aliphatic hydroxyl groups is 1. The van der Waals surface area contributed by atoms with Crippen LogP contribution in [0.2, 0.25) is 5.02 Å². The zero-order chi connectivity index (χ0) is 12.4. The number of aromatic amines is 1. The number of carbonyl (C=O) groups is 1. The summed E-state index contributed by atoms with van der Waals surface area (Å²) < 4.78 is 4.78. The summed E-state index contributed by atoms with van der Waals surface area (Å²) in [6.07, 6.45) is 0.306. The summed E-state index contributed by atoms with van der Waals surface area (Å²) >= 11 is 6.01. The second-order valence-corrected chi connectivity index (χ2v) is 3.97. The van der Waals surface area contributed by atoms with Crippen LogP contribution in [0.25, 0.3) is 10.9 Å². The van der Waals surface area contributed by atoms with E-state index in [9.17, 15) is 9.90 Å². The van der Waals surface area contributed by atoms with Crippen molar-refractivity contribution in [3.05, 3.63) is 35.0 Å². The molecule has 5 heteroatoms. The minimum atomic E-state index is -1.31. The molecule has 1 unspecified atom stereocenters. The zero-order valence-electron chi connectivity index (χ0n) is 9.24. The second-order valence-electron chi connectivity index (χ2n) is 3.56. The number of halogens is 1. The molecule has 0 bridgehead atoms. The Bertz CT molecular complexity index is 550. The molecule has 0 spiro atoms. The van der Waals surface area contributed by atoms with Crippen LogP contribution in [0.4, 0.5) is 0 Å². The molecule has 2 aromatic rings. The van der Waals surface area contributed by atoms with E-state index in [0.717, 1.165) is 5.52 Å². The van der Waals surface area contributed by atoms with Gasteiger partial charge in [-0.15, -0.1) is 0 Å². The Labute approximate surface area is 103 Å². The predicted molar refractivity (Wildman–Crippen MR) is 64.9 cm³/mol.